The zero-order valence-corrected chi connectivity index (χ0v) is 9.51. The van der Waals surface area contributed by atoms with Crippen LogP contribution in [0.15, 0.2) is 28.8 Å². The summed E-state index contributed by atoms with van der Waals surface area (Å²) in [7, 11) is 0. The highest BCUT2D eigenvalue weighted by Gasteiger charge is 2.10. The number of rotatable bonds is 4. The molecule has 94 valence electrons. The normalized spacial score (nSPS) is 10.3. The number of aromatic nitrogens is 1. The Bertz CT molecular complexity index is 579. The lowest BCUT2D eigenvalue weighted by atomic mass is 10.2. The van der Waals surface area contributed by atoms with Crippen molar-refractivity contribution in [2.24, 2.45) is 0 Å². The van der Waals surface area contributed by atoms with Crippen LogP contribution in [0.1, 0.15) is 21.8 Å². The predicted molar refractivity (Wildman–Crippen MR) is 58.9 cm³/mol. The van der Waals surface area contributed by atoms with Crippen molar-refractivity contribution < 1.29 is 23.6 Å². The molecule has 2 rings (SSSR count). The van der Waals surface area contributed by atoms with E-state index in [4.69, 9.17) is 14.4 Å². The SMILES string of the molecule is Cc1cc(COc2ccc(C(=O)O)cc2F)on1. The minimum Gasteiger partial charge on any atom is -0.482 e. The molecule has 0 aliphatic carbocycles. The third-order valence-corrected chi connectivity index (χ3v) is 2.23. The van der Waals surface area contributed by atoms with Gasteiger partial charge in [-0.1, -0.05) is 5.16 Å². The Hall–Kier alpha value is -2.37. The molecule has 0 amide bonds. The Labute approximate surface area is 102 Å². The maximum atomic E-state index is 13.5. The fourth-order valence-electron chi connectivity index (χ4n) is 1.38. The zero-order valence-electron chi connectivity index (χ0n) is 9.51. The Morgan fingerprint density at radius 3 is 2.83 bits per heavy atom. The number of hydrogen-bond acceptors (Lipinski definition) is 4. The van der Waals surface area contributed by atoms with Gasteiger partial charge in [0.2, 0.25) is 0 Å². The average molecular weight is 251 g/mol. The van der Waals surface area contributed by atoms with Crippen LogP contribution in [-0.4, -0.2) is 16.2 Å². The molecule has 0 unspecified atom stereocenters. The van der Waals surface area contributed by atoms with Gasteiger partial charge in [-0.05, 0) is 25.1 Å². The molecule has 1 aromatic heterocycles. The van der Waals surface area contributed by atoms with Gasteiger partial charge in [0.1, 0.15) is 6.61 Å². The van der Waals surface area contributed by atoms with Gasteiger partial charge in [-0.2, -0.15) is 0 Å². The first kappa shape index (κ1) is 12.1. The summed E-state index contributed by atoms with van der Waals surface area (Å²) in [6.07, 6.45) is 0. The van der Waals surface area contributed by atoms with Crippen LogP contribution in [0.4, 0.5) is 4.39 Å². The number of ether oxygens (including phenoxy) is 1. The highest BCUT2D eigenvalue weighted by atomic mass is 19.1. The maximum Gasteiger partial charge on any atom is 0.335 e. The Morgan fingerprint density at radius 2 is 2.28 bits per heavy atom. The molecular weight excluding hydrogens is 241 g/mol. The number of nitrogens with zero attached hydrogens (tertiary/aromatic N) is 1. The van der Waals surface area contributed by atoms with Crippen LogP contribution in [0.5, 0.6) is 5.75 Å². The zero-order chi connectivity index (χ0) is 13.1. The quantitative estimate of drug-likeness (QED) is 0.903. The lowest BCUT2D eigenvalue weighted by Gasteiger charge is -2.05. The van der Waals surface area contributed by atoms with Crippen LogP contribution in [0.25, 0.3) is 0 Å². The van der Waals surface area contributed by atoms with E-state index in [9.17, 15) is 9.18 Å². The summed E-state index contributed by atoms with van der Waals surface area (Å²) in [5.41, 5.74) is 0.575. The number of aromatic carboxylic acids is 1. The van der Waals surface area contributed by atoms with Crippen molar-refractivity contribution in [1.82, 2.24) is 5.16 Å². The lowest BCUT2D eigenvalue weighted by Crippen LogP contribution is -2.00. The Kier molecular flexibility index (Phi) is 3.27. The summed E-state index contributed by atoms with van der Waals surface area (Å²) in [6, 6.07) is 5.11. The van der Waals surface area contributed by atoms with Crippen LogP contribution in [0.3, 0.4) is 0 Å². The number of benzene rings is 1. The van der Waals surface area contributed by atoms with E-state index in [0.717, 1.165) is 6.07 Å². The van der Waals surface area contributed by atoms with E-state index in [2.05, 4.69) is 5.16 Å². The van der Waals surface area contributed by atoms with E-state index in [1.165, 1.54) is 12.1 Å². The van der Waals surface area contributed by atoms with Crippen molar-refractivity contribution in [3.05, 3.63) is 47.1 Å². The summed E-state index contributed by atoms with van der Waals surface area (Å²) in [5.74, 6) is -1.49. The summed E-state index contributed by atoms with van der Waals surface area (Å²) in [4.78, 5) is 10.6. The molecule has 0 saturated carbocycles. The second-order valence-electron chi connectivity index (χ2n) is 3.67. The fourth-order valence-corrected chi connectivity index (χ4v) is 1.38. The van der Waals surface area contributed by atoms with Gasteiger partial charge < -0.3 is 14.4 Å². The van der Waals surface area contributed by atoms with E-state index in [0.29, 0.717) is 11.5 Å². The van der Waals surface area contributed by atoms with Crippen LogP contribution in [-0.2, 0) is 6.61 Å². The van der Waals surface area contributed by atoms with Gasteiger partial charge in [0, 0.05) is 6.07 Å². The summed E-state index contributed by atoms with van der Waals surface area (Å²) < 4.78 is 23.5. The van der Waals surface area contributed by atoms with Crippen LogP contribution >= 0.6 is 0 Å². The number of carbonyl (C=O) groups is 1. The van der Waals surface area contributed by atoms with Crippen molar-refractivity contribution >= 4 is 5.97 Å². The topological polar surface area (TPSA) is 72.6 Å². The first-order valence-electron chi connectivity index (χ1n) is 5.14. The van der Waals surface area contributed by atoms with E-state index in [-0.39, 0.29) is 17.9 Å². The first-order valence-corrected chi connectivity index (χ1v) is 5.14. The molecule has 0 bridgehead atoms. The third kappa shape index (κ3) is 2.65. The van der Waals surface area contributed by atoms with Gasteiger partial charge in [-0.15, -0.1) is 0 Å². The first-order chi connectivity index (χ1) is 8.56. The van der Waals surface area contributed by atoms with Gasteiger partial charge in [0.15, 0.2) is 17.3 Å². The molecule has 1 heterocycles. The van der Waals surface area contributed by atoms with E-state index in [1.54, 1.807) is 13.0 Å². The lowest BCUT2D eigenvalue weighted by molar-refractivity contribution is 0.0696. The summed E-state index contributed by atoms with van der Waals surface area (Å²) in [6.45, 7) is 1.79. The second kappa shape index (κ2) is 4.87. The number of carboxylic acids is 1. The second-order valence-corrected chi connectivity index (χ2v) is 3.67. The van der Waals surface area contributed by atoms with Gasteiger partial charge in [0.25, 0.3) is 0 Å². The molecule has 2 aromatic rings. The molecule has 1 aromatic carbocycles. The molecule has 0 aliphatic rings. The molecule has 0 radical (unpaired) electrons. The molecule has 0 saturated heterocycles. The van der Waals surface area contributed by atoms with Crippen molar-refractivity contribution in [2.45, 2.75) is 13.5 Å². The number of aryl methyl sites for hydroxylation is 1. The molecule has 0 aliphatic heterocycles. The summed E-state index contributed by atoms with van der Waals surface area (Å²) in [5, 5.41) is 12.3. The third-order valence-electron chi connectivity index (χ3n) is 2.23. The van der Waals surface area contributed by atoms with Crippen molar-refractivity contribution in [2.75, 3.05) is 0 Å². The largest absolute Gasteiger partial charge is 0.482 e. The Morgan fingerprint density at radius 1 is 1.50 bits per heavy atom. The molecule has 0 spiro atoms. The molecule has 0 fully saturated rings. The molecule has 6 heteroatoms. The van der Waals surface area contributed by atoms with Crippen LogP contribution < -0.4 is 4.74 Å². The van der Waals surface area contributed by atoms with E-state index < -0.39 is 11.8 Å². The smallest absolute Gasteiger partial charge is 0.335 e. The highest BCUT2D eigenvalue weighted by molar-refractivity contribution is 5.87. The number of halogens is 1. The van der Waals surface area contributed by atoms with Crippen molar-refractivity contribution in [3.63, 3.8) is 0 Å². The van der Waals surface area contributed by atoms with Crippen LogP contribution in [0, 0.1) is 12.7 Å². The monoisotopic (exact) mass is 251 g/mol. The maximum absolute atomic E-state index is 13.5. The highest BCUT2D eigenvalue weighted by Crippen LogP contribution is 2.19. The van der Waals surface area contributed by atoms with Crippen LogP contribution in [0.2, 0.25) is 0 Å². The Balaban J connectivity index is 2.08. The van der Waals surface area contributed by atoms with Crippen molar-refractivity contribution in [3.8, 4) is 5.75 Å². The summed E-state index contributed by atoms with van der Waals surface area (Å²) >= 11 is 0. The molecule has 1 N–H and O–H groups in total. The van der Waals surface area contributed by atoms with Crippen molar-refractivity contribution in [1.29, 1.82) is 0 Å². The predicted octanol–water partition coefficient (Wildman–Crippen LogP) is 2.40. The minimum atomic E-state index is -1.19. The standard InChI is InChI=1S/C12H10FNO4/c1-7-4-9(18-14-7)6-17-11-3-2-8(12(15)16)5-10(11)13/h2-5H,6H2,1H3,(H,15,16). The van der Waals surface area contributed by atoms with Gasteiger partial charge in [-0.25, -0.2) is 9.18 Å². The van der Waals surface area contributed by atoms with E-state index >= 15 is 0 Å². The minimum absolute atomic E-state index is 0.0319. The van der Waals surface area contributed by atoms with Gasteiger partial charge in [0.05, 0.1) is 11.3 Å². The molecular formula is C12H10FNO4. The van der Waals surface area contributed by atoms with Gasteiger partial charge >= 0.3 is 5.97 Å². The number of hydrogen-bond donors (Lipinski definition) is 1. The fraction of sp³-hybridized carbons (Fsp3) is 0.167. The number of carboxylic acid groups (broad SMARTS) is 1. The van der Waals surface area contributed by atoms with Gasteiger partial charge in [-0.3, -0.25) is 0 Å². The molecule has 0 atom stereocenters. The molecule has 18 heavy (non-hydrogen) atoms. The van der Waals surface area contributed by atoms with E-state index in [1.807, 2.05) is 0 Å². The average Bonchev–Trinajstić information content (AvgIpc) is 2.73. The molecule has 5 nitrogen and oxygen atoms in total.